The zero-order chi connectivity index (χ0) is 29.2. The normalized spacial score (nSPS) is 18.4. The standard InChI is InChI=1S/C32H35Cl2N3O4/c1-22(2)21-35-37-31(39)32(17-6-10-23-8-4-3-5-9-23)29(27-16-13-25(33)20-28(27)34)41-30(36-32)24-11-14-26(15-12-24)40-19-7-18-38/h3-6,8-16,20,22,29,35,38H,7,17-19,21H2,1-2H3,(H,37,39)/b10-6+/t29-,32-/m0/s1. The number of hydrazine groups is 1. The van der Waals surface area contributed by atoms with Crippen molar-refractivity contribution in [2.24, 2.45) is 10.9 Å². The van der Waals surface area contributed by atoms with Crippen LogP contribution in [-0.4, -0.2) is 42.2 Å². The predicted octanol–water partition coefficient (Wildman–Crippen LogP) is 6.39. The maximum atomic E-state index is 14.0. The molecule has 0 saturated heterocycles. The van der Waals surface area contributed by atoms with E-state index in [9.17, 15) is 4.79 Å². The lowest BCUT2D eigenvalue weighted by atomic mass is 9.84. The van der Waals surface area contributed by atoms with Gasteiger partial charge in [-0.05, 0) is 47.9 Å². The number of amides is 1. The number of halogens is 2. The molecule has 0 bridgehead atoms. The highest BCUT2D eigenvalue weighted by atomic mass is 35.5. The van der Waals surface area contributed by atoms with Gasteiger partial charge in [-0.25, -0.2) is 10.4 Å². The van der Waals surface area contributed by atoms with Gasteiger partial charge in [0.05, 0.1) is 6.61 Å². The number of aliphatic hydroxyl groups excluding tert-OH is 1. The molecule has 0 aromatic heterocycles. The number of carbonyl (C=O) groups is 1. The fourth-order valence-corrected chi connectivity index (χ4v) is 4.90. The predicted molar refractivity (Wildman–Crippen MR) is 164 cm³/mol. The Morgan fingerprint density at radius 3 is 2.56 bits per heavy atom. The number of aliphatic imine (C=N–C) groups is 1. The van der Waals surface area contributed by atoms with E-state index < -0.39 is 11.6 Å². The van der Waals surface area contributed by atoms with Gasteiger partial charge in [-0.15, -0.1) is 0 Å². The van der Waals surface area contributed by atoms with Crippen molar-refractivity contribution in [2.75, 3.05) is 19.8 Å². The summed E-state index contributed by atoms with van der Waals surface area (Å²) in [4.78, 5) is 19.0. The summed E-state index contributed by atoms with van der Waals surface area (Å²) in [5, 5.41) is 9.88. The van der Waals surface area contributed by atoms with Gasteiger partial charge in [0.1, 0.15) is 5.75 Å². The number of rotatable bonds is 13. The third-order valence-electron chi connectivity index (χ3n) is 6.53. The van der Waals surface area contributed by atoms with Gasteiger partial charge in [0.15, 0.2) is 11.6 Å². The number of carbonyl (C=O) groups excluding carboxylic acids is 1. The van der Waals surface area contributed by atoms with Crippen molar-refractivity contribution >= 4 is 41.1 Å². The maximum absolute atomic E-state index is 14.0. The average molecular weight is 597 g/mol. The van der Waals surface area contributed by atoms with Crippen LogP contribution in [0.4, 0.5) is 0 Å². The first-order valence-electron chi connectivity index (χ1n) is 13.6. The molecule has 1 amide bonds. The SMILES string of the molecule is CC(C)CNNC(=O)[C@@]1(C/C=C/c2ccccc2)N=C(c2ccc(OCCCO)cc2)O[C@H]1c1ccc(Cl)cc1Cl. The lowest BCUT2D eigenvalue weighted by Gasteiger charge is -2.30. The molecule has 1 aliphatic rings. The molecular weight excluding hydrogens is 561 g/mol. The van der Waals surface area contributed by atoms with Crippen molar-refractivity contribution in [3.8, 4) is 5.75 Å². The van der Waals surface area contributed by atoms with Crippen LogP contribution in [0.25, 0.3) is 6.08 Å². The summed E-state index contributed by atoms with van der Waals surface area (Å²) in [6, 6.07) is 22.3. The molecule has 0 spiro atoms. The fraction of sp³-hybridized carbons (Fsp3) is 0.312. The molecule has 4 rings (SSSR count). The van der Waals surface area contributed by atoms with Crippen LogP contribution < -0.4 is 15.6 Å². The summed E-state index contributed by atoms with van der Waals surface area (Å²) >= 11 is 12.9. The molecule has 7 nitrogen and oxygen atoms in total. The van der Waals surface area contributed by atoms with Crippen molar-refractivity contribution in [1.82, 2.24) is 10.9 Å². The molecule has 0 aliphatic carbocycles. The van der Waals surface area contributed by atoms with Gasteiger partial charge in [-0.1, -0.05) is 85.6 Å². The van der Waals surface area contributed by atoms with Gasteiger partial charge < -0.3 is 14.6 Å². The molecule has 9 heteroatoms. The first kappa shape index (κ1) is 30.6. The van der Waals surface area contributed by atoms with Crippen molar-refractivity contribution in [2.45, 2.75) is 38.3 Å². The van der Waals surface area contributed by atoms with Crippen LogP contribution in [0.15, 0.2) is 83.9 Å². The van der Waals surface area contributed by atoms with Crippen molar-refractivity contribution in [3.05, 3.63) is 106 Å². The molecule has 0 unspecified atom stereocenters. The van der Waals surface area contributed by atoms with E-state index in [-0.39, 0.29) is 18.9 Å². The minimum Gasteiger partial charge on any atom is -0.494 e. The van der Waals surface area contributed by atoms with E-state index in [4.69, 9.17) is 42.8 Å². The van der Waals surface area contributed by atoms with Crippen LogP contribution in [0.3, 0.4) is 0 Å². The Balaban J connectivity index is 1.74. The summed E-state index contributed by atoms with van der Waals surface area (Å²) in [5.74, 6) is 0.953. The Hall–Kier alpha value is -3.36. The van der Waals surface area contributed by atoms with Gasteiger partial charge in [0.25, 0.3) is 5.91 Å². The van der Waals surface area contributed by atoms with E-state index in [1.807, 2.05) is 66.7 Å². The second kappa shape index (κ2) is 14.5. The van der Waals surface area contributed by atoms with E-state index in [0.29, 0.717) is 58.3 Å². The molecule has 216 valence electrons. The smallest absolute Gasteiger partial charge is 0.266 e. The first-order chi connectivity index (χ1) is 19.8. The van der Waals surface area contributed by atoms with Crippen molar-refractivity contribution in [3.63, 3.8) is 0 Å². The van der Waals surface area contributed by atoms with E-state index >= 15 is 0 Å². The average Bonchev–Trinajstić information content (AvgIpc) is 3.34. The summed E-state index contributed by atoms with van der Waals surface area (Å²) < 4.78 is 12.2. The topological polar surface area (TPSA) is 92.2 Å². The maximum Gasteiger partial charge on any atom is 0.266 e. The lowest BCUT2D eigenvalue weighted by molar-refractivity contribution is -0.129. The second-order valence-electron chi connectivity index (χ2n) is 10.2. The minimum absolute atomic E-state index is 0.0618. The molecular formula is C32H35Cl2N3O4. The molecule has 2 atom stereocenters. The number of hydrogen-bond acceptors (Lipinski definition) is 6. The van der Waals surface area contributed by atoms with Crippen LogP contribution in [0.5, 0.6) is 5.75 Å². The van der Waals surface area contributed by atoms with E-state index in [1.165, 1.54) is 0 Å². The summed E-state index contributed by atoms with van der Waals surface area (Å²) in [6.45, 7) is 5.17. The minimum atomic E-state index is -1.38. The Kier molecular flexibility index (Phi) is 10.8. The highest BCUT2D eigenvalue weighted by Crippen LogP contribution is 2.45. The third kappa shape index (κ3) is 7.89. The highest BCUT2D eigenvalue weighted by molar-refractivity contribution is 6.35. The monoisotopic (exact) mass is 595 g/mol. The Bertz CT molecular complexity index is 1360. The van der Waals surface area contributed by atoms with E-state index in [0.717, 1.165) is 5.56 Å². The van der Waals surface area contributed by atoms with Crippen LogP contribution >= 0.6 is 23.2 Å². The summed E-state index contributed by atoms with van der Waals surface area (Å²) in [6.07, 6.45) is 3.85. The van der Waals surface area contributed by atoms with Gasteiger partial charge in [-0.2, -0.15) is 0 Å². The molecule has 1 heterocycles. The number of aliphatic hydroxyl groups is 1. The molecule has 0 fully saturated rings. The van der Waals surface area contributed by atoms with Crippen LogP contribution in [0.2, 0.25) is 10.0 Å². The lowest BCUT2D eigenvalue weighted by Crippen LogP contribution is -2.53. The van der Waals surface area contributed by atoms with Gasteiger partial charge in [-0.3, -0.25) is 10.2 Å². The summed E-state index contributed by atoms with van der Waals surface area (Å²) in [7, 11) is 0. The van der Waals surface area contributed by atoms with Crippen LogP contribution in [0, 0.1) is 5.92 Å². The molecule has 41 heavy (non-hydrogen) atoms. The van der Waals surface area contributed by atoms with Gasteiger partial charge in [0.2, 0.25) is 5.90 Å². The van der Waals surface area contributed by atoms with Crippen molar-refractivity contribution in [1.29, 1.82) is 0 Å². The molecule has 3 aromatic carbocycles. The van der Waals surface area contributed by atoms with E-state index in [1.54, 1.807) is 18.2 Å². The zero-order valence-electron chi connectivity index (χ0n) is 23.1. The molecule has 0 saturated carbocycles. The van der Waals surface area contributed by atoms with Gasteiger partial charge >= 0.3 is 0 Å². The molecule has 0 radical (unpaired) electrons. The number of nitrogens with one attached hydrogen (secondary N) is 2. The van der Waals surface area contributed by atoms with Crippen LogP contribution in [0.1, 0.15) is 49.5 Å². The van der Waals surface area contributed by atoms with E-state index in [2.05, 4.69) is 24.7 Å². The Morgan fingerprint density at radius 2 is 1.88 bits per heavy atom. The zero-order valence-corrected chi connectivity index (χ0v) is 24.7. The number of hydrogen-bond donors (Lipinski definition) is 3. The Labute approximate surface area is 251 Å². The number of ether oxygens (including phenoxy) is 2. The molecule has 3 N–H and O–H groups in total. The molecule has 1 aliphatic heterocycles. The fourth-order valence-electron chi connectivity index (χ4n) is 4.39. The largest absolute Gasteiger partial charge is 0.494 e. The quantitative estimate of drug-likeness (QED) is 0.157. The Morgan fingerprint density at radius 1 is 1.12 bits per heavy atom. The molecule has 3 aromatic rings. The number of nitrogens with zero attached hydrogens (tertiary/aromatic N) is 1. The third-order valence-corrected chi connectivity index (χ3v) is 7.09. The number of benzene rings is 3. The first-order valence-corrected chi connectivity index (χ1v) is 14.4. The summed E-state index contributed by atoms with van der Waals surface area (Å²) in [5.41, 5.74) is 6.82. The van der Waals surface area contributed by atoms with Crippen LogP contribution in [-0.2, 0) is 9.53 Å². The van der Waals surface area contributed by atoms with Crippen molar-refractivity contribution < 1.29 is 19.4 Å². The van der Waals surface area contributed by atoms with Gasteiger partial charge in [0, 0.05) is 47.2 Å². The highest BCUT2D eigenvalue weighted by Gasteiger charge is 2.53. The second-order valence-corrected chi connectivity index (χ2v) is 11.0.